The lowest BCUT2D eigenvalue weighted by atomic mass is 9.83. The molecule has 2 aromatic carbocycles. The fourth-order valence-corrected chi connectivity index (χ4v) is 3.85. The van der Waals surface area contributed by atoms with Crippen molar-refractivity contribution in [3.8, 4) is 0 Å². The van der Waals surface area contributed by atoms with Crippen LogP contribution in [-0.2, 0) is 6.42 Å². The van der Waals surface area contributed by atoms with E-state index in [1.807, 2.05) is 48.5 Å². The van der Waals surface area contributed by atoms with Crippen molar-refractivity contribution in [3.05, 3.63) is 104 Å². The molecule has 0 saturated heterocycles. The van der Waals surface area contributed by atoms with Gasteiger partial charge in [-0.1, -0.05) is 57.0 Å². The molecule has 27 heavy (non-hydrogen) atoms. The van der Waals surface area contributed by atoms with Crippen LogP contribution in [0, 0.1) is 11.8 Å². The first-order valence-electron chi connectivity index (χ1n) is 8.80. The van der Waals surface area contributed by atoms with Crippen LogP contribution in [0.3, 0.4) is 0 Å². The molecular weight excluding hydrogens is 424 g/mol. The van der Waals surface area contributed by atoms with E-state index in [-0.39, 0.29) is 12.0 Å². The van der Waals surface area contributed by atoms with Gasteiger partial charge in [0.2, 0.25) is 0 Å². The van der Waals surface area contributed by atoms with Gasteiger partial charge in [0.1, 0.15) is 0 Å². The topological polar surface area (TPSA) is 42.3 Å². The summed E-state index contributed by atoms with van der Waals surface area (Å²) in [5, 5.41) is 4.13. The standard InChI is InChI=1S/C22H20BrClN2O/c1-15-12-18(24)9-10-21(15)22(16-5-7-17(23)8-6-16)14-20(26-27)13-19-4-2-3-11-25-19/h2-12,20,22H,13-14H2,1H3/t20?,22-/m1/s1. The number of aryl methyl sites for hydroxylation is 1. The molecule has 1 aromatic heterocycles. The fourth-order valence-electron chi connectivity index (χ4n) is 3.36. The van der Waals surface area contributed by atoms with E-state index in [1.165, 1.54) is 0 Å². The first-order valence-corrected chi connectivity index (χ1v) is 9.98. The lowest BCUT2D eigenvalue weighted by molar-refractivity contribution is 0.559. The van der Waals surface area contributed by atoms with E-state index in [4.69, 9.17) is 11.6 Å². The molecule has 0 saturated carbocycles. The molecule has 0 bridgehead atoms. The molecule has 3 aromatic rings. The molecule has 1 heterocycles. The Balaban J connectivity index is 1.93. The maximum absolute atomic E-state index is 11.6. The minimum Gasteiger partial charge on any atom is -0.261 e. The van der Waals surface area contributed by atoms with Gasteiger partial charge in [0.25, 0.3) is 0 Å². The molecule has 3 rings (SSSR count). The Morgan fingerprint density at radius 2 is 1.89 bits per heavy atom. The van der Waals surface area contributed by atoms with Crippen LogP contribution in [0.25, 0.3) is 0 Å². The van der Waals surface area contributed by atoms with Gasteiger partial charge in [-0.05, 0) is 66.4 Å². The molecular formula is C22H20BrClN2O. The van der Waals surface area contributed by atoms with Crippen molar-refractivity contribution in [2.45, 2.75) is 31.7 Å². The third-order valence-corrected chi connectivity index (χ3v) is 5.47. The number of hydrogen-bond donors (Lipinski definition) is 0. The van der Waals surface area contributed by atoms with Crippen molar-refractivity contribution in [1.29, 1.82) is 0 Å². The van der Waals surface area contributed by atoms with Gasteiger partial charge in [0, 0.05) is 33.7 Å². The molecule has 3 nitrogen and oxygen atoms in total. The summed E-state index contributed by atoms with van der Waals surface area (Å²) < 4.78 is 1.02. The highest BCUT2D eigenvalue weighted by molar-refractivity contribution is 9.10. The zero-order chi connectivity index (χ0) is 19.2. The second kappa shape index (κ2) is 9.25. The predicted molar refractivity (Wildman–Crippen MR) is 114 cm³/mol. The molecule has 5 heteroatoms. The van der Waals surface area contributed by atoms with Gasteiger partial charge < -0.3 is 0 Å². The number of halogens is 2. The SMILES string of the molecule is Cc1cc(Cl)ccc1[C@H](CC(Cc1ccccn1)N=O)c1ccc(Br)cc1. The minimum absolute atomic E-state index is 0.0572. The van der Waals surface area contributed by atoms with E-state index in [2.05, 4.69) is 45.1 Å². The highest BCUT2D eigenvalue weighted by Crippen LogP contribution is 2.34. The van der Waals surface area contributed by atoms with Gasteiger partial charge in [-0.2, -0.15) is 4.91 Å². The third kappa shape index (κ3) is 5.24. The second-order valence-electron chi connectivity index (χ2n) is 6.63. The summed E-state index contributed by atoms with van der Waals surface area (Å²) >= 11 is 9.64. The van der Waals surface area contributed by atoms with Crippen molar-refractivity contribution < 1.29 is 0 Å². The molecule has 0 amide bonds. The molecule has 2 atom stereocenters. The summed E-state index contributed by atoms with van der Waals surface area (Å²) in [7, 11) is 0. The molecule has 0 spiro atoms. The zero-order valence-corrected chi connectivity index (χ0v) is 17.3. The summed E-state index contributed by atoms with van der Waals surface area (Å²) in [6.07, 6.45) is 2.89. The van der Waals surface area contributed by atoms with E-state index in [1.54, 1.807) is 6.20 Å². The number of nitrogens with zero attached hydrogens (tertiary/aromatic N) is 2. The van der Waals surface area contributed by atoms with Crippen LogP contribution in [0.15, 0.2) is 76.5 Å². The van der Waals surface area contributed by atoms with Crippen molar-refractivity contribution >= 4 is 27.5 Å². The predicted octanol–water partition coefficient (Wildman–Crippen LogP) is 6.71. The molecule has 1 unspecified atom stereocenters. The van der Waals surface area contributed by atoms with Crippen LogP contribution in [0.2, 0.25) is 5.02 Å². The molecule has 0 radical (unpaired) electrons. The van der Waals surface area contributed by atoms with Crippen molar-refractivity contribution in [1.82, 2.24) is 4.98 Å². The maximum Gasteiger partial charge on any atom is 0.0984 e. The number of pyridine rings is 1. The van der Waals surface area contributed by atoms with Gasteiger partial charge in [-0.15, -0.1) is 0 Å². The first-order chi connectivity index (χ1) is 13.1. The summed E-state index contributed by atoms with van der Waals surface area (Å²) in [5.41, 5.74) is 4.30. The number of benzene rings is 2. The number of nitroso groups, excluding NO2 is 1. The fraction of sp³-hybridized carbons (Fsp3) is 0.227. The van der Waals surface area contributed by atoms with Crippen molar-refractivity contribution in [2.24, 2.45) is 5.18 Å². The number of rotatable bonds is 7. The Morgan fingerprint density at radius 1 is 1.11 bits per heavy atom. The molecule has 138 valence electrons. The monoisotopic (exact) mass is 442 g/mol. The van der Waals surface area contributed by atoms with E-state index in [9.17, 15) is 4.91 Å². The van der Waals surface area contributed by atoms with Gasteiger partial charge in [-0.3, -0.25) is 4.98 Å². The van der Waals surface area contributed by atoms with Gasteiger partial charge >= 0.3 is 0 Å². The van der Waals surface area contributed by atoms with Crippen LogP contribution in [0.4, 0.5) is 0 Å². The Kier molecular flexibility index (Phi) is 6.75. The maximum atomic E-state index is 11.6. The largest absolute Gasteiger partial charge is 0.261 e. The molecule has 0 aliphatic carbocycles. The second-order valence-corrected chi connectivity index (χ2v) is 7.98. The number of aromatic nitrogens is 1. The third-order valence-electron chi connectivity index (χ3n) is 4.71. The summed E-state index contributed by atoms with van der Waals surface area (Å²) in [5.74, 6) is 0.0572. The summed E-state index contributed by atoms with van der Waals surface area (Å²) in [6, 6.07) is 19.5. The smallest absolute Gasteiger partial charge is 0.0984 e. The quantitative estimate of drug-likeness (QED) is 0.381. The van der Waals surface area contributed by atoms with E-state index in [0.717, 1.165) is 26.9 Å². The lowest BCUT2D eigenvalue weighted by Gasteiger charge is -2.23. The molecule has 0 N–H and O–H groups in total. The van der Waals surface area contributed by atoms with Crippen LogP contribution in [0.5, 0.6) is 0 Å². The minimum atomic E-state index is -0.358. The lowest BCUT2D eigenvalue weighted by Crippen LogP contribution is -2.16. The highest BCUT2D eigenvalue weighted by atomic mass is 79.9. The van der Waals surface area contributed by atoms with E-state index in [0.29, 0.717) is 17.9 Å². The average molecular weight is 444 g/mol. The van der Waals surface area contributed by atoms with Gasteiger partial charge in [0.05, 0.1) is 6.04 Å². The Bertz CT molecular complexity index is 900. The van der Waals surface area contributed by atoms with E-state index >= 15 is 0 Å². The highest BCUT2D eigenvalue weighted by Gasteiger charge is 2.23. The Morgan fingerprint density at radius 3 is 2.52 bits per heavy atom. The molecule has 0 aliphatic rings. The number of hydrogen-bond acceptors (Lipinski definition) is 3. The van der Waals surface area contributed by atoms with Crippen molar-refractivity contribution in [2.75, 3.05) is 0 Å². The van der Waals surface area contributed by atoms with Gasteiger partial charge in [-0.25, -0.2) is 0 Å². The van der Waals surface area contributed by atoms with E-state index < -0.39 is 0 Å². The van der Waals surface area contributed by atoms with Gasteiger partial charge in [0.15, 0.2) is 0 Å². The van der Waals surface area contributed by atoms with Crippen LogP contribution < -0.4 is 0 Å². The molecule has 0 aliphatic heterocycles. The summed E-state index contributed by atoms with van der Waals surface area (Å²) in [6.45, 7) is 2.05. The normalized spacial score (nSPS) is 13.1. The van der Waals surface area contributed by atoms with Crippen molar-refractivity contribution in [3.63, 3.8) is 0 Å². The average Bonchev–Trinajstić information content (AvgIpc) is 2.67. The van der Waals surface area contributed by atoms with Crippen LogP contribution in [0.1, 0.15) is 34.7 Å². The van der Waals surface area contributed by atoms with Crippen LogP contribution in [-0.4, -0.2) is 11.0 Å². The Labute approximate surface area is 172 Å². The zero-order valence-electron chi connectivity index (χ0n) is 15.0. The molecule has 0 fully saturated rings. The summed E-state index contributed by atoms with van der Waals surface area (Å²) in [4.78, 5) is 15.9. The first kappa shape index (κ1) is 19.7. The Hall–Kier alpha value is -2.04. The van der Waals surface area contributed by atoms with Crippen LogP contribution >= 0.6 is 27.5 Å².